The number of benzene rings is 1. The zero-order valence-corrected chi connectivity index (χ0v) is 15.3. The Bertz CT molecular complexity index is 901. The molecule has 2 amide bonds. The second-order valence-corrected chi connectivity index (χ2v) is 6.95. The highest BCUT2D eigenvalue weighted by molar-refractivity contribution is 5.95. The smallest absolute Gasteiger partial charge is 0.253 e. The molecule has 0 unspecified atom stereocenters. The van der Waals surface area contributed by atoms with Gasteiger partial charge in [-0.2, -0.15) is 5.26 Å². The van der Waals surface area contributed by atoms with Crippen molar-refractivity contribution < 1.29 is 9.59 Å². The van der Waals surface area contributed by atoms with Crippen molar-refractivity contribution in [2.75, 3.05) is 13.1 Å². The minimum Gasteiger partial charge on any atom is -0.369 e. The van der Waals surface area contributed by atoms with Crippen LogP contribution in [0.5, 0.6) is 0 Å². The van der Waals surface area contributed by atoms with Gasteiger partial charge in [-0.05, 0) is 43.5 Å². The molecule has 2 heterocycles. The molecule has 6 nitrogen and oxygen atoms in total. The fraction of sp³-hybridized carbons (Fsp3) is 0.333. The molecule has 2 aromatic rings. The van der Waals surface area contributed by atoms with Crippen molar-refractivity contribution in [1.82, 2.24) is 9.88 Å². The number of amides is 2. The minimum atomic E-state index is -0.629. The number of rotatable bonds is 4. The van der Waals surface area contributed by atoms with E-state index in [2.05, 4.69) is 11.1 Å². The van der Waals surface area contributed by atoms with Crippen LogP contribution in [0.2, 0.25) is 0 Å². The molecule has 1 fully saturated rings. The number of piperidine rings is 1. The van der Waals surface area contributed by atoms with E-state index >= 15 is 0 Å². The maximum Gasteiger partial charge on any atom is 0.253 e. The van der Waals surface area contributed by atoms with Crippen molar-refractivity contribution in [3.05, 3.63) is 53.7 Å². The molecule has 1 aliphatic heterocycles. The largest absolute Gasteiger partial charge is 0.369 e. The number of nitriles is 1. The lowest BCUT2D eigenvalue weighted by Gasteiger charge is -2.40. The number of carbonyl (C=O) groups excluding carboxylic acids is 2. The molecule has 0 spiro atoms. The molecule has 1 aliphatic rings. The van der Waals surface area contributed by atoms with Crippen molar-refractivity contribution >= 4 is 11.8 Å². The first-order valence-corrected chi connectivity index (χ1v) is 9.05. The van der Waals surface area contributed by atoms with Crippen LogP contribution in [0.15, 0.2) is 42.6 Å². The van der Waals surface area contributed by atoms with E-state index in [0.29, 0.717) is 36.3 Å². The van der Waals surface area contributed by atoms with Crippen LogP contribution in [-0.4, -0.2) is 34.8 Å². The van der Waals surface area contributed by atoms with E-state index in [1.807, 2.05) is 19.1 Å². The fourth-order valence-electron chi connectivity index (χ4n) is 3.59. The van der Waals surface area contributed by atoms with Crippen LogP contribution in [0.1, 0.15) is 42.1 Å². The van der Waals surface area contributed by atoms with Gasteiger partial charge >= 0.3 is 0 Å². The number of primary amides is 1. The molecular formula is C21H22N4O2. The van der Waals surface area contributed by atoms with Crippen LogP contribution in [0.4, 0.5) is 0 Å². The topological polar surface area (TPSA) is 100 Å². The normalized spacial score (nSPS) is 19.3. The van der Waals surface area contributed by atoms with Crippen LogP contribution in [0, 0.1) is 16.7 Å². The van der Waals surface area contributed by atoms with E-state index < -0.39 is 5.41 Å². The van der Waals surface area contributed by atoms with Crippen LogP contribution in [0.25, 0.3) is 11.3 Å². The second-order valence-electron chi connectivity index (χ2n) is 6.95. The molecule has 0 bridgehead atoms. The Morgan fingerprint density at radius 3 is 2.67 bits per heavy atom. The molecule has 138 valence electrons. The van der Waals surface area contributed by atoms with E-state index in [-0.39, 0.29) is 11.8 Å². The highest BCUT2D eigenvalue weighted by Crippen LogP contribution is 2.33. The van der Waals surface area contributed by atoms with Crippen molar-refractivity contribution in [2.24, 2.45) is 11.1 Å². The number of likely N-dealkylation sites (tertiary alicyclic amines) is 1. The van der Waals surface area contributed by atoms with Crippen LogP contribution >= 0.6 is 0 Å². The third-order valence-corrected chi connectivity index (χ3v) is 5.38. The number of pyridine rings is 1. The zero-order chi connectivity index (χ0) is 19.4. The van der Waals surface area contributed by atoms with Crippen LogP contribution in [-0.2, 0) is 4.79 Å². The monoisotopic (exact) mass is 362 g/mol. The van der Waals surface area contributed by atoms with Crippen LogP contribution < -0.4 is 5.73 Å². The average Bonchev–Trinajstić information content (AvgIpc) is 2.73. The third kappa shape index (κ3) is 3.68. The SMILES string of the molecule is CC[C@]1(C(N)=O)CCCN(C(=O)c2ccc(-c3cc(C#N)ccn3)cc2)C1. The van der Waals surface area contributed by atoms with Gasteiger partial charge in [0.05, 0.1) is 22.7 Å². The van der Waals surface area contributed by atoms with Gasteiger partial charge in [0.15, 0.2) is 0 Å². The molecular weight excluding hydrogens is 340 g/mol. The molecule has 27 heavy (non-hydrogen) atoms. The Morgan fingerprint density at radius 2 is 2.04 bits per heavy atom. The Balaban J connectivity index is 1.79. The van der Waals surface area contributed by atoms with E-state index in [0.717, 1.165) is 18.4 Å². The predicted molar refractivity (Wildman–Crippen MR) is 101 cm³/mol. The van der Waals surface area contributed by atoms with Gasteiger partial charge in [0, 0.05) is 30.4 Å². The van der Waals surface area contributed by atoms with E-state index in [1.165, 1.54) is 0 Å². The number of hydrogen-bond donors (Lipinski definition) is 1. The molecule has 3 rings (SSSR count). The van der Waals surface area contributed by atoms with Crippen molar-refractivity contribution in [1.29, 1.82) is 5.26 Å². The Morgan fingerprint density at radius 1 is 1.30 bits per heavy atom. The lowest BCUT2D eigenvalue weighted by Crippen LogP contribution is -2.51. The fourth-order valence-corrected chi connectivity index (χ4v) is 3.59. The van der Waals surface area contributed by atoms with Crippen molar-refractivity contribution in [3.8, 4) is 17.3 Å². The summed E-state index contributed by atoms with van der Waals surface area (Å²) in [5.41, 5.74) is 7.61. The van der Waals surface area contributed by atoms with Gasteiger partial charge in [0.2, 0.25) is 5.91 Å². The number of carbonyl (C=O) groups is 2. The van der Waals surface area contributed by atoms with Crippen LogP contribution in [0.3, 0.4) is 0 Å². The predicted octanol–water partition coefficient (Wildman–Crippen LogP) is 2.74. The Hall–Kier alpha value is -3.20. The van der Waals surface area contributed by atoms with Gasteiger partial charge in [-0.25, -0.2) is 0 Å². The number of aromatic nitrogens is 1. The molecule has 1 atom stereocenters. The van der Waals surface area contributed by atoms with Gasteiger partial charge in [0.25, 0.3) is 5.91 Å². The first-order valence-electron chi connectivity index (χ1n) is 9.05. The summed E-state index contributed by atoms with van der Waals surface area (Å²) >= 11 is 0. The summed E-state index contributed by atoms with van der Waals surface area (Å²) in [5, 5.41) is 9.01. The maximum atomic E-state index is 12.9. The standard InChI is InChI=1S/C21H22N4O2/c1-2-21(20(23)27)9-3-11-25(14-21)19(26)17-6-4-16(5-7-17)18-12-15(13-22)8-10-24-18/h4-8,10,12H,2-3,9,11,14H2,1H3,(H2,23,27)/t21-/m0/s1. The Labute approximate surface area is 158 Å². The summed E-state index contributed by atoms with van der Waals surface area (Å²) in [7, 11) is 0. The number of nitrogens with two attached hydrogens (primary N) is 1. The number of hydrogen-bond acceptors (Lipinski definition) is 4. The summed E-state index contributed by atoms with van der Waals surface area (Å²) in [6.07, 6.45) is 3.72. The van der Waals surface area contributed by atoms with Crippen molar-refractivity contribution in [2.45, 2.75) is 26.2 Å². The summed E-state index contributed by atoms with van der Waals surface area (Å²) in [6, 6.07) is 12.6. The summed E-state index contributed by atoms with van der Waals surface area (Å²) in [5.74, 6) is -0.430. The summed E-state index contributed by atoms with van der Waals surface area (Å²) < 4.78 is 0. The molecule has 1 saturated heterocycles. The lowest BCUT2D eigenvalue weighted by atomic mass is 9.77. The van der Waals surface area contributed by atoms with Gasteiger partial charge in [-0.15, -0.1) is 0 Å². The molecule has 0 saturated carbocycles. The molecule has 1 aromatic heterocycles. The highest BCUT2D eigenvalue weighted by Gasteiger charge is 2.40. The second kappa shape index (κ2) is 7.58. The summed E-state index contributed by atoms with van der Waals surface area (Å²) in [4.78, 5) is 30.8. The van der Waals surface area contributed by atoms with Gasteiger partial charge < -0.3 is 10.6 Å². The first-order chi connectivity index (χ1) is 13.0. The first kappa shape index (κ1) is 18.6. The van der Waals surface area contributed by atoms with E-state index in [9.17, 15) is 9.59 Å². The Kier molecular flexibility index (Phi) is 5.22. The third-order valence-electron chi connectivity index (χ3n) is 5.38. The van der Waals surface area contributed by atoms with Gasteiger partial charge in [-0.1, -0.05) is 19.1 Å². The molecule has 1 aromatic carbocycles. The minimum absolute atomic E-state index is 0.0981. The highest BCUT2D eigenvalue weighted by atomic mass is 16.2. The average molecular weight is 362 g/mol. The quantitative estimate of drug-likeness (QED) is 0.904. The van der Waals surface area contributed by atoms with Crippen molar-refractivity contribution in [3.63, 3.8) is 0 Å². The van der Waals surface area contributed by atoms with Gasteiger partial charge in [0.1, 0.15) is 0 Å². The summed E-state index contributed by atoms with van der Waals surface area (Å²) in [6.45, 7) is 2.93. The number of nitrogens with zero attached hydrogens (tertiary/aromatic N) is 3. The molecule has 0 radical (unpaired) electrons. The zero-order valence-electron chi connectivity index (χ0n) is 15.3. The molecule has 2 N–H and O–H groups in total. The van der Waals surface area contributed by atoms with E-state index in [4.69, 9.17) is 11.0 Å². The molecule has 0 aliphatic carbocycles. The molecule has 6 heteroatoms. The lowest BCUT2D eigenvalue weighted by molar-refractivity contribution is -0.130. The maximum absolute atomic E-state index is 12.9. The van der Waals surface area contributed by atoms with Gasteiger partial charge in [-0.3, -0.25) is 14.6 Å². The van der Waals surface area contributed by atoms with E-state index in [1.54, 1.807) is 35.4 Å².